The number of carbonyl (C=O) groups is 2. The van der Waals surface area contributed by atoms with Crippen molar-refractivity contribution >= 4 is 34.0 Å². The fraction of sp³-hybridized carbons (Fsp3) is 0.190. The van der Waals surface area contributed by atoms with Gasteiger partial charge in [-0.25, -0.2) is 4.98 Å². The third-order valence-electron chi connectivity index (χ3n) is 4.12. The van der Waals surface area contributed by atoms with Crippen LogP contribution in [0.25, 0.3) is 0 Å². The van der Waals surface area contributed by atoms with Gasteiger partial charge in [0.1, 0.15) is 17.2 Å². The number of anilines is 2. The Morgan fingerprint density at radius 2 is 1.83 bits per heavy atom. The number of thiazole rings is 1. The second kappa shape index (κ2) is 9.70. The first-order valence-corrected chi connectivity index (χ1v) is 9.79. The molecule has 0 radical (unpaired) electrons. The molecule has 0 aliphatic rings. The fourth-order valence-corrected chi connectivity index (χ4v) is 3.32. The van der Waals surface area contributed by atoms with Gasteiger partial charge in [0.15, 0.2) is 5.13 Å². The Kier molecular flexibility index (Phi) is 6.80. The summed E-state index contributed by atoms with van der Waals surface area (Å²) in [7, 11) is 3.06. The van der Waals surface area contributed by atoms with Crippen LogP contribution < -0.4 is 20.1 Å². The van der Waals surface area contributed by atoms with Crippen LogP contribution in [0.4, 0.5) is 10.8 Å². The van der Waals surface area contributed by atoms with Crippen LogP contribution in [-0.4, -0.2) is 31.0 Å². The SMILES string of the molecule is COc1ccc(OC)c(NC(=O)c2csc(NC(=O)CCc3ccccc3)n2)c1. The average molecular weight is 411 g/mol. The molecule has 8 heteroatoms. The molecular formula is C21H21N3O4S. The second-order valence-corrected chi connectivity index (χ2v) is 6.95. The lowest BCUT2D eigenvalue weighted by molar-refractivity contribution is -0.116. The number of ether oxygens (including phenoxy) is 2. The van der Waals surface area contributed by atoms with E-state index in [-0.39, 0.29) is 11.6 Å². The van der Waals surface area contributed by atoms with Gasteiger partial charge in [-0.05, 0) is 24.1 Å². The van der Waals surface area contributed by atoms with Gasteiger partial charge in [0.2, 0.25) is 5.91 Å². The van der Waals surface area contributed by atoms with Crippen molar-refractivity contribution in [2.45, 2.75) is 12.8 Å². The van der Waals surface area contributed by atoms with Gasteiger partial charge >= 0.3 is 0 Å². The Balaban J connectivity index is 1.59. The predicted molar refractivity (Wildman–Crippen MR) is 113 cm³/mol. The van der Waals surface area contributed by atoms with Gasteiger partial charge in [0.25, 0.3) is 5.91 Å². The molecule has 0 fully saturated rings. The standard InChI is InChI=1S/C21H21N3O4S/c1-27-15-9-10-18(28-2)16(12-15)22-20(26)17-13-29-21(23-17)24-19(25)11-8-14-6-4-3-5-7-14/h3-7,9-10,12-13H,8,11H2,1-2H3,(H,22,26)(H,23,24,25). The summed E-state index contributed by atoms with van der Waals surface area (Å²) < 4.78 is 10.4. The van der Waals surface area contributed by atoms with Crippen LogP contribution in [0.15, 0.2) is 53.9 Å². The summed E-state index contributed by atoms with van der Waals surface area (Å²) >= 11 is 1.20. The van der Waals surface area contributed by atoms with Crippen LogP contribution in [0.3, 0.4) is 0 Å². The Hall–Kier alpha value is -3.39. The quantitative estimate of drug-likeness (QED) is 0.585. The Morgan fingerprint density at radius 3 is 2.55 bits per heavy atom. The number of carbonyl (C=O) groups excluding carboxylic acids is 2. The first-order chi connectivity index (χ1) is 14.1. The minimum Gasteiger partial charge on any atom is -0.497 e. The zero-order chi connectivity index (χ0) is 20.6. The lowest BCUT2D eigenvalue weighted by Gasteiger charge is -2.10. The molecule has 3 rings (SSSR count). The highest BCUT2D eigenvalue weighted by Gasteiger charge is 2.15. The van der Waals surface area contributed by atoms with E-state index in [4.69, 9.17) is 9.47 Å². The molecule has 2 amide bonds. The van der Waals surface area contributed by atoms with Crippen molar-refractivity contribution in [2.75, 3.05) is 24.9 Å². The van der Waals surface area contributed by atoms with Crippen LogP contribution >= 0.6 is 11.3 Å². The molecule has 2 aromatic carbocycles. The van der Waals surface area contributed by atoms with Crippen LogP contribution in [0.5, 0.6) is 11.5 Å². The second-order valence-electron chi connectivity index (χ2n) is 6.09. The Morgan fingerprint density at radius 1 is 1.03 bits per heavy atom. The van der Waals surface area contributed by atoms with E-state index in [9.17, 15) is 9.59 Å². The van der Waals surface area contributed by atoms with Crippen molar-refractivity contribution in [2.24, 2.45) is 0 Å². The number of hydrogen-bond donors (Lipinski definition) is 2. The molecule has 3 aromatic rings. The van der Waals surface area contributed by atoms with E-state index in [0.29, 0.717) is 35.2 Å². The number of hydrogen-bond acceptors (Lipinski definition) is 6. The zero-order valence-corrected chi connectivity index (χ0v) is 16.9. The zero-order valence-electron chi connectivity index (χ0n) is 16.1. The number of nitrogens with zero attached hydrogens (tertiary/aromatic N) is 1. The number of rotatable bonds is 8. The monoisotopic (exact) mass is 411 g/mol. The summed E-state index contributed by atoms with van der Waals surface area (Å²) in [6, 6.07) is 14.9. The van der Waals surface area contributed by atoms with Gasteiger partial charge in [0.05, 0.1) is 19.9 Å². The first kappa shape index (κ1) is 20.3. The predicted octanol–water partition coefficient (Wildman–Crippen LogP) is 3.98. The van der Waals surface area contributed by atoms with Gasteiger partial charge < -0.3 is 20.1 Å². The van der Waals surface area contributed by atoms with Crippen molar-refractivity contribution in [1.29, 1.82) is 0 Å². The van der Waals surface area contributed by atoms with E-state index in [2.05, 4.69) is 15.6 Å². The van der Waals surface area contributed by atoms with Gasteiger partial charge in [0, 0.05) is 17.9 Å². The van der Waals surface area contributed by atoms with Crippen molar-refractivity contribution in [3.05, 3.63) is 65.2 Å². The highest BCUT2D eigenvalue weighted by molar-refractivity contribution is 7.14. The maximum atomic E-state index is 12.5. The number of nitrogens with one attached hydrogen (secondary N) is 2. The van der Waals surface area contributed by atoms with E-state index in [1.165, 1.54) is 18.4 Å². The Labute approximate surface area is 172 Å². The lowest BCUT2D eigenvalue weighted by atomic mass is 10.1. The van der Waals surface area contributed by atoms with Crippen molar-refractivity contribution < 1.29 is 19.1 Å². The molecule has 2 N–H and O–H groups in total. The van der Waals surface area contributed by atoms with E-state index in [0.717, 1.165) is 5.56 Å². The number of benzene rings is 2. The number of aromatic nitrogens is 1. The van der Waals surface area contributed by atoms with Gasteiger partial charge in [-0.1, -0.05) is 30.3 Å². The maximum absolute atomic E-state index is 12.5. The summed E-state index contributed by atoms with van der Waals surface area (Å²) in [6.45, 7) is 0. The minimum atomic E-state index is -0.405. The van der Waals surface area contributed by atoms with Gasteiger partial charge in [-0.3, -0.25) is 9.59 Å². The van der Waals surface area contributed by atoms with E-state index >= 15 is 0 Å². The molecule has 0 aliphatic carbocycles. The average Bonchev–Trinajstić information content (AvgIpc) is 3.21. The van der Waals surface area contributed by atoms with E-state index in [1.807, 2.05) is 30.3 Å². The van der Waals surface area contributed by atoms with Crippen LogP contribution in [-0.2, 0) is 11.2 Å². The molecule has 150 valence electrons. The molecule has 0 aliphatic heterocycles. The highest BCUT2D eigenvalue weighted by Crippen LogP contribution is 2.29. The molecular weight excluding hydrogens is 390 g/mol. The molecule has 0 saturated carbocycles. The van der Waals surface area contributed by atoms with E-state index in [1.54, 1.807) is 30.7 Å². The van der Waals surface area contributed by atoms with Crippen molar-refractivity contribution in [3.63, 3.8) is 0 Å². The summed E-state index contributed by atoms with van der Waals surface area (Å²) in [5, 5.41) is 7.46. The maximum Gasteiger partial charge on any atom is 0.275 e. The third-order valence-corrected chi connectivity index (χ3v) is 4.88. The Bertz CT molecular complexity index is 989. The lowest BCUT2D eigenvalue weighted by Crippen LogP contribution is -2.15. The molecule has 1 aromatic heterocycles. The van der Waals surface area contributed by atoms with Gasteiger partial charge in [-0.15, -0.1) is 11.3 Å². The van der Waals surface area contributed by atoms with Crippen LogP contribution in [0.1, 0.15) is 22.5 Å². The fourth-order valence-electron chi connectivity index (χ4n) is 2.62. The van der Waals surface area contributed by atoms with Crippen LogP contribution in [0.2, 0.25) is 0 Å². The van der Waals surface area contributed by atoms with Crippen molar-refractivity contribution in [3.8, 4) is 11.5 Å². The summed E-state index contributed by atoms with van der Waals surface area (Å²) in [5.41, 5.74) is 1.77. The summed E-state index contributed by atoms with van der Waals surface area (Å²) in [5.74, 6) is 0.539. The molecule has 1 heterocycles. The number of methoxy groups -OCH3 is 2. The van der Waals surface area contributed by atoms with E-state index < -0.39 is 5.91 Å². The number of amides is 2. The largest absolute Gasteiger partial charge is 0.497 e. The van der Waals surface area contributed by atoms with Gasteiger partial charge in [-0.2, -0.15) is 0 Å². The summed E-state index contributed by atoms with van der Waals surface area (Å²) in [4.78, 5) is 28.9. The van der Waals surface area contributed by atoms with Crippen molar-refractivity contribution in [1.82, 2.24) is 4.98 Å². The normalized spacial score (nSPS) is 10.3. The third kappa shape index (κ3) is 5.55. The summed E-state index contributed by atoms with van der Waals surface area (Å²) in [6.07, 6.45) is 0.979. The smallest absolute Gasteiger partial charge is 0.275 e. The first-order valence-electron chi connectivity index (χ1n) is 8.91. The molecule has 0 spiro atoms. The molecule has 29 heavy (non-hydrogen) atoms. The molecule has 7 nitrogen and oxygen atoms in total. The topological polar surface area (TPSA) is 89.5 Å². The number of aryl methyl sites for hydroxylation is 1. The molecule has 0 saturated heterocycles. The minimum absolute atomic E-state index is 0.148. The molecule has 0 unspecified atom stereocenters. The van der Waals surface area contributed by atoms with Crippen LogP contribution in [0, 0.1) is 0 Å². The molecule has 0 atom stereocenters. The molecule has 0 bridgehead atoms. The highest BCUT2D eigenvalue weighted by atomic mass is 32.1.